The number of hydrogen-bond acceptors (Lipinski definition) is 23. The van der Waals surface area contributed by atoms with Crippen molar-refractivity contribution in [2.45, 2.75) is 124 Å². The van der Waals surface area contributed by atoms with Gasteiger partial charge in [0, 0.05) is 79.8 Å². The van der Waals surface area contributed by atoms with Crippen LogP contribution in [0.1, 0.15) is 210 Å². The number of benzene rings is 8. The van der Waals surface area contributed by atoms with Crippen molar-refractivity contribution in [2.75, 3.05) is 55.7 Å². The highest BCUT2D eigenvalue weighted by Gasteiger charge is 2.43. The van der Waals surface area contributed by atoms with Gasteiger partial charge in [0.25, 0.3) is 11.8 Å². The van der Waals surface area contributed by atoms with E-state index in [1.807, 2.05) is 6.92 Å². The number of ether oxygens (including phenoxy) is 11. The van der Waals surface area contributed by atoms with E-state index in [1.165, 1.54) is 90.7 Å². The van der Waals surface area contributed by atoms with Gasteiger partial charge in [0.15, 0.2) is 11.6 Å². The van der Waals surface area contributed by atoms with Gasteiger partial charge in [-0.3, -0.25) is 28.9 Å². The van der Waals surface area contributed by atoms with Crippen LogP contribution in [0.3, 0.4) is 0 Å². The van der Waals surface area contributed by atoms with Gasteiger partial charge in [0.05, 0.1) is 92.2 Å². The molecule has 1 unspecified atom stereocenters. The fraction of sp³-hybridized carbons (Fsp3) is 0.350. The number of ketones is 2. The third kappa shape index (κ3) is 15.8. The first kappa shape index (κ1) is 77.2. The summed E-state index contributed by atoms with van der Waals surface area (Å²) >= 11 is 7.86. The molecular weight excluding hydrogens is 1390 g/mol. The van der Waals surface area contributed by atoms with Gasteiger partial charge in [-0.15, -0.1) is 0 Å². The summed E-state index contributed by atoms with van der Waals surface area (Å²) < 4.78 is 63.0. The summed E-state index contributed by atoms with van der Waals surface area (Å²) in [5.74, 6) is -11.0. The van der Waals surface area contributed by atoms with E-state index in [2.05, 4.69) is 6.58 Å². The smallest absolute Gasteiger partial charge is 0.410 e. The molecule has 0 aromatic heterocycles. The third-order valence-corrected chi connectivity index (χ3v) is 18.4. The summed E-state index contributed by atoms with van der Waals surface area (Å²) in [6.45, 7) is 18.2. The zero-order chi connectivity index (χ0) is 77.3. The Morgan fingerprint density at radius 1 is 0.491 bits per heavy atom. The third-order valence-electron chi connectivity index (χ3n) is 18.1. The number of fused-ring (bicyclic) bond motifs is 2. The minimum atomic E-state index is -0.937. The maximum absolute atomic E-state index is 16.2. The lowest BCUT2D eigenvalue weighted by Gasteiger charge is -2.39. The molecule has 2 aliphatic rings. The number of carbonyl (C=O) groups is 12. The molecule has 0 saturated carbocycles. The zero-order valence-electron chi connectivity index (χ0n) is 61.1. The average Bonchev–Trinajstić information content (AvgIpc) is 0.675. The standard InChI is InChI=1S/C80H79ClN2O23/c1-16-18-41(19-17-20-60(85)105-79(4,5)6)25-39(2)69(86)53-37-58(103-50-31-44(74(91)98-12)27-45(32-50)75(92)99-13)66-65-59(104-51-33-46(76(93)100-14)28-47(34-51)77(94)101-15)38-55-62-54(70(87)83(71(55)88)48-21-23-82(24-22-48)78(95)106-80(7,8)9)35-56(81)63(67(62)65)64-57(36-52(40(3)84)61(53)68(64)66)102-49-29-42(72(89)96-10)26-43(30-49)73(90)97-11/h26-38,41,48H,2,16-25H2,1,3-15H3. The Labute approximate surface area is 614 Å². The zero-order valence-corrected chi connectivity index (χ0v) is 61.9. The van der Waals surface area contributed by atoms with Gasteiger partial charge in [-0.2, -0.15) is 0 Å². The fourth-order valence-electron chi connectivity index (χ4n) is 13.6. The first-order chi connectivity index (χ1) is 50.2. The maximum Gasteiger partial charge on any atom is 0.410 e. The Bertz CT molecular complexity index is 4930. The molecule has 0 N–H and O–H groups in total. The van der Waals surface area contributed by atoms with Crippen LogP contribution in [0.4, 0.5) is 4.79 Å². The van der Waals surface area contributed by atoms with Gasteiger partial charge < -0.3 is 57.0 Å². The molecule has 0 bridgehead atoms. The highest BCUT2D eigenvalue weighted by atomic mass is 35.5. The molecule has 3 amide bonds. The number of allylic oxidation sites excluding steroid dienone is 1. The van der Waals surface area contributed by atoms with E-state index in [4.69, 9.17) is 63.7 Å². The van der Waals surface area contributed by atoms with E-state index in [0.717, 1.165) is 47.6 Å². The minimum Gasteiger partial charge on any atom is -0.465 e. The average molecular weight is 1470 g/mol. The molecule has 1 atom stereocenters. The van der Waals surface area contributed by atoms with Crippen molar-refractivity contribution in [1.82, 2.24) is 9.80 Å². The molecule has 8 aromatic carbocycles. The lowest BCUT2D eigenvalue weighted by atomic mass is 9.80. The van der Waals surface area contributed by atoms with Crippen LogP contribution in [0.15, 0.2) is 91.0 Å². The van der Waals surface area contributed by atoms with Gasteiger partial charge in [0.2, 0.25) is 0 Å². The Morgan fingerprint density at radius 2 is 0.877 bits per heavy atom. The summed E-state index contributed by atoms with van der Waals surface area (Å²) in [5.41, 5.74) is -3.62. The normalized spacial score (nSPS) is 13.5. The van der Waals surface area contributed by atoms with Crippen LogP contribution < -0.4 is 14.2 Å². The van der Waals surface area contributed by atoms with E-state index in [9.17, 15) is 38.4 Å². The van der Waals surface area contributed by atoms with Gasteiger partial charge in [-0.25, -0.2) is 33.6 Å². The van der Waals surface area contributed by atoms with Crippen LogP contribution in [-0.2, 0) is 42.7 Å². The number of amides is 3. The lowest BCUT2D eigenvalue weighted by molar-refractivity contribution is -0.155. The molecule has 0 spiro atoms. The molecule has 106 heavy (non-hydrogen) atoms. The first-order valence-corrected chi connectivity index (χ1v) is 34.4. The number of carbonyl (C=O) groups excluding carboxylic acids is 12. The fourth-order valence-corrected chi connectivity index (χ4v) is 13.9. The largest absolute Gasteiger partial charge is 0.465 e. The number of esters is 7. The second-order valence-corrected chi connectivity index (χ2v) is 28.1. The summed E-state index contributed by atoms with van der Waals surface area (Å²) in [7, 11) is 6.65. The Hall–Kier alpha value is -11.5. The van der Waals surface area contributed by atoms with Gasteiger partial charge in [0.1, 0.15) is 45.7 Å². The van der Waals surface area contributed by atoms with Crippen molar-refractivity contribution in [3.05, 3.63) is 152 Å². The van der Waals surface area contributed by atoms with Crippen molar-refractivity contribution in [3.63, 3.8) is 0 Å². The maximum atomic E-state index is 16.2. The summed E-state index contributed by atoms with van der Waals surface area (Å²) in [6.07, 6.45) is 1.82. The Balaban J connectivity index is 1.39. The van der Waals surface area contributed by atoms with Crippen LogP contribution in [0.2, 0.25) is 5.02 Å². The monoisotopic (exact) mass is 1470 g/mol. The molecule has 2 aliphatic heterocycles. The van der Waals surface area contributed by atoms with Gasteiger partial charge in [-0.1, -0.05) is 37.9 Å². The van der Waals surface area contributed by atoms with E-state index < -0.39 is 88.5 Å². The van der Waals surface area contributed by atoms with Gasteiger partial charge >= 0.3 is 47.9 Å². The molecule has 1 saturated heterocycles. The molecule has 8 aromatic rings. The van der Waals surface area contributed by atoms with E-state index in [0.29, 0.717) is 25.7 Å². The predicted molar refractivity (Wildman–Crippen MR) is 388 cm³/mol. The van der Waals surface area contributed by atoms with Crippen LogP contribution in [0, 0.1) is 5.92 Å². The molecule has 25 nitrogen and oxygen atoms in total. The molecule has 0 aliphatic carbocycles. The number of piperidine rings is 1. The topological polar surface area (TPSA) is 313 Å². The van der Waals surface area contributed by atoms with Crippen molar-refractivity contribution in [1.29, 1.82) is 0 Å². The lowest BCUT2D eigenvalue weighted by Crippen LogP contribution is -2.52. The van der Waals surface area contributed by atoms with Gasteiger partial charge in [-0.05, 0) is 171 Å². The number of nitrogens with zero attached hydrogens (tertiary/aromatic N) is 2. The molecule has 26 heteroatoms. The Morgan fingerprint density at radius 3 is 1.27 bits per heavy atom. The van der Waals surface area contributed by atoms with Crippen molar-refractivity contribution in [2.24, 2.45) is 5.92 Å². The van der Waals surface area contributed by atoms with Crippen LogP contribution in [0.25, 0.3) is 43.1 Å². The van der Waals surface area contributed by atoms with E-state index in [-0.39, 0.29) is 189 Å². The number of halogens is 1. The Kier molecular flexibility index (Phi) is 22.6. The van der Waals surface area contributed by atoms with Crippen LogP contribution in [0.5, 0.6) is 34.5 Å². The molecular formula is C80H79ClN2O23. The highest BCUT2D eigenvalue weighted by Crippen LogP contribution is 2.57. The number of imide groups is 1. The summed E-state index contributed by atoms with van der Waals surface area (Å²) in [5, 5.41) is -0.911. The number of hydrogen-bond donors (Lipinski definition) is 0. The van der Waals surface area contributed by atoms with Crippen molar-refractivity contribution < 1.29 is 110 Å². The molecule has 2 heterocycles. The molecule has 554 valence electrons. The summed E-state index contributed by atoms with van der Waals surface area (Å²) in [6, 6.07) is 15.4. The SMILES string of the molecule is C=C(CC(CCC)CCCC(=O)OC(C)(C)C)C(=O)c1cc(Oc2cc(C(=O)OC)cc(C(=O)OC)c2)c2c3c(Oc4cc(C(=O)OC)cc(C(=O)OC)c4)cc4c5c(cc(Cl)c(c6c(Oc7cc(C(=O)OC)cc(C(=O)OC)c7)cc(C(C)=O)c1c62)c53)C(=O)N(C1CCN(C(=O)OC(C)(C)C)CC1)C4=O. The number of Topliss-reactive ketones (excluding diaryl/α,β-unsaturated/α-hetero) is 2. The molecule has 1 fully saturated rings. The van der Waals surface area contributed by atoms with E-state index in [1.54, 1.807) is 41.5 Å². The molecule has 10 rings (SSSR count). The quantitative estimate of drug-likeness (QED) is 0.0103. The predicted octanol–water partition coefficient (Wildman–Crippen LogP) is 15.7. The minimum absolute atomic E-state index is 0.0322. The highest BCUT2D eigenvalue weighted by molar-refractivity contribution is 6.49. The molecule has 0 radical (unpaired) electrons. The second kappa shape index (κ2) is 31.1. The summed E-state index contributed by atoms with van der Waals surface area (Å²) in [4.78, 5) is 174. The van der Waals surface area contributed by atoms with Crippen LogP contribution in [-0.4, -0.2) is 154 Å². The van der Waals surface area contributed by atoms with E-state index >= 15 is 19.2 Å². The number of likely N-dealkylation sites (tertiary alicyclic amines) is 1. The number of methoxy groups -OCH3 is 6. The second-order valence-electron chi connectivity index (χ2n) is 27.7. The van der Waals surface area contributed by atoms with Crippen molar-refractivity contribution >= 4 is 126 Å². The number of rotatable bonds is 24. The first-order valence-electron chi connectivity index (χ1n) is 34.0. The van der Waals surface area contributed by atoms with Crippen LogP contribution >= 0.6 is 11.6 Å². The van der Waals surface area contributed by atoms with Crippen molar-refractivity contribution in [3.8, 4) is 34.5 Å².